The third kappa shape index (κ3) is 3.55. The number of nitrogens with zero attached hydrogens (tertiary/aromatic N) is 1. The second kappa shape index (κ2) is 7.16. The maximum atomic E-state index is 12.8. The summed E-state index contributed by atoms with van der Waals surface area (Å²) in [6, 6.07) is 17.5. The molecule has 0 saturated carbocycles. The first kappa shape index (κ1) is 18.3. The van der Waals surface area contributed by atoms with E-state index in [0.29, 0.717) is 22.1 Å². The Morgan fingerprint density at radius 1 is 1.14 bits per heavy atom. The number of hydrogen-bond acceptors (Lipinski definition) is 3. The van der Waals surface area contributed by atoms with Crippen molar-refractivity contribution < 1.29 is 14.3 Å². The molecule has 0 fully saturated rings. The maximum absolute atomic E-state index is 12.8. The van der Waals surface area contributed by atoms with Crippen LogP contribution in [-0.4, -0.2) is 20.9 Å². The summed E-state index contributed by atoms with van der Waals surface area (Å²) in [5.41, 5.74) is 2.51. The molecule has 0 radical (unpaired) electrons. The van der Waals surface area contributed by atoms with Gasteiger partial charge in [0.15, 0.2) is 0 Å². The van der Waals surface area contributed by atoms with E-state index in [0.717, 1.165) is 16.8 Å². The topological polar surface area (TPSA) is 88.2 Å². The Kier molecular flexibility index (Phi) is 4.52. The number of aromatic nitrogens is 2. The molecule has 0 aliphatic heterocycles. The Morgan fingerprint density at radius 3 is 2.59 bits per heavy atom. The highest BCUT2D eigenvalue weighted by atomic mass is 16.4. The van der Waals surface area contributed by atoms with Crippen molar-refractivity contribution in [3.63, 3.8) is 0 Å². The average molecular weight is 386 g/mol. The van der Waals surface area contributed by atoms with Crippen LogP contribution in [0.5, 0.6) is 0 Å². The van der Waals surface area contributed by atoms with E-state index in [2.05, 4.69) is 11.7 Å². The van der Waals surface area contributed by atoms with Crippen molar-refractivity contribution in [2.75, 3.05) is 0 Å². The number of carboxylic acids is 1. The molecule has 6 nitrogen and oxygen atoms in total. The van der Waals surface area contributed by atoms with Gasteiger partial charge in [-0.05, 0) is 55.0 Å². The number of rotatable bonds is 4. The molecule has 2 aromatic heterocycles. The van der Waals surface area contributed by atoms with Crippen molar-refractivity contribution in [2.45, 2.75) is 6.92 Å². The molecule has 0 aliphatic rings. The third-order valence-corrected chi connectivity index (χ3v) is 4.59. The lowest BCUT2D eigenvalue weighted by molar-refractivity contribution is 0.0697. The van der Waals surface area contributed by atoms with E-state index in [1.165, 1.54) is 16.8 Å². The van der Waals surface area contributed by atoms with Crippen LogP contribution in [0, 0.1) is 6.92 Å². The first-order chi connectivity index (χ1) is 13.9. The molecule has 144 valence electrons. The van der Waals surface area contributed by atoms with Crippen LogP contribution < -0.4 is 16.1 Å². The smallest absolute Gasteiger partial charge is 0.335 e. The monoisotopic (exact) mass is 386 g/mol. The van der Waals surface area contributed by atoms with E-state index in [1.54, 1.807) is 30.3 Å². The number of H-pyrrole nitrogens is 1. The van der Waals surface area contributed by atoms with Crippen LogP contribution in [-0.2, 0) is 0 Å². The van der Waals surface area contributed by atoms with Crippen molar-refractivity contribution in [1.29, 1.82) is 0 Å². The van der Waals surface area contributed by atoms with Crippen molar-refractivity contribution in [2.24, 2.45) is 0 Å². The van der Waals surface area contributed by atoms with Crippen LogP contribution in [0.25, 0.3) is 29.7 Å². The van der Waals surface area contributed by atoms with Crippen LogP contribution in [0.4, 0.5) is 0 Å². The average Bonchev–Trinajstić information content (AvgIpc) is 3.28. The van der Waals surface area contributed by atoms with Crippen LogP contribution in [0.2, 0.25) is 0 Å². The summed E-state index contributed by atoms with van der Waals surface area (Å²) in [7, 11) is 0. The molecule has 2 heterocycles. The predicted molar refractivity (Wildman–Crippen MR) is 111 cm³/mol. The zero-order valence-corrected chi connectivity index (χ0v) is 15.7. The molecule has 2 aromatic carbocycles. The van der Waals surface area contributed by atoms with Crippen LogP contribution >= 0.6 is 0 Å². The number of nitrogens with one attached hydrogen (secondary N) is 1. The van der Waals surface area contributed by atoms with Crippen LogP contribution in [0.3, 0.4) is 0 Å². The molecule has 0 bridgehead atoms. The SMILES string of the molecule is C=c1[nH]n(-c2cccc(C)c2)c(=O)/c1=C\c1ccc(-c2ccc(C(=O)O)cc2)o1. The molecule has 0 aliphatic carbocycles. The zero-order chi connectivity index (χ0) is 20.5. The molecule has 0 spiro atoms. The Labute approximate surface area is 165 Å². The fraction of sp³-hybridized carbons (Fsp3) is 0.0435. The van der Waals surface area contributed by atoms with Gasteiger partial charge in [0.05, 0.1) is 21.8 Å². The van der Waals surface area contributed by atoms with E-state index in [9.17, 15) is 9.59 Å². The van der Waals surface area contributed by atoms with Gasteiger partial charge < -0.3 is 9.52 Å². The van der Waals surface area contributed by atoms with Crippen LogP contribution in [0.1, 0.15) is 21.7 Å². The van der Waals surface area contributed by atoms with E-state index in [1.807, 2.05) is 31.2 Å². The van der Waals surface area contributed by atoms with Gasteiger partial charge in [-0.2, -0.15) is 0 Å². The van der Waals surface area contributed by atoms with Gasteiger partial charge in [-0.25, -0.2) is 9.48 Å². The second-order valence-electron chi connectivity index (χ2n) is 6.71. The zero-order valence-electron chi connectivity index (χ0n) is 15.7. The summed E-state index contributed by atoms with van der Waals surface area (Å²) in [6.07, 6.45) is 1.64. The summed E-state index contributed by atoms with van der Waals surface area (Å²) < 4.78 is 7.28. The molecule has 4 aromatic rings. The number of aromatic amines is 1. The number of hydrogen-bond donors (Lipinski definition) is 2. The van der Waals surface area contributed by atoms with Crippen molar-refractivity contribution in [1.82, 2.24) is 9.78 Å². The van der Waals surface area contributed by atoms with E-state index in [-0.39, 0.29) is 11.1 Å². The van der Waals surface area contributed by atoms with Gasteiger partial charge in [-0.3, -0.25) is 9.89 Å². The highest BCUT2D eigenvalue weighted by Crippen LogP contribution is 2.22. The van der Waals surface area contributed by atoms with Crippen molar-refractivity contribution in [3.05, 3.63) is 98.5 Å². The largest absolute Gasteiger partial charge is 0.478 e. The molecule has 29 heavy (non-hydrogen) atoms. The van der Waals surface area contributed by atoms with Gasteiger partial charge in [-0.1, -0.05) is 30.8 Å². The Balaban J connectivity index is 1.72. The first-order valence-electron chi connectivity index (χ1n) is 8.95. The van der Waals surface area contributed by atoms with Gasteiger partial charge in [-0.15, -0.1) is 0 Å². The number of furan rings is 1. The molecule has 0 amide bonds. The molecule has 6 heteroatoms. The standard InChI is InChI=1S/C23H18N2O4/c1-14-4-3-5-18(12-14)25-22(26)20(15(2)24-25)13-19-10-11-21(29-19)16-6-8-17(9-7-16)23(27)28/h3-13,24H,2H2,1H3,(H,27,28)/b20-13-. The highest BCUT2D eigenvalue weighted by molar-refractivity contribution is 5.88. The fourth-order valence-corrected chi connectivity index (χ4v) is 3.10. The molecule has 0 unspecified atom stereocenters. The van der Waals surface area contributed by atoms with E-state index in [4.69, 9.17) is 9.52 Å². The first-order valence-corrected chi connectivity index (χ1v) is 8.95. The van der Waals surface area contributed by atoms with E-state index < -0.39 is 5.97 Å². The lowest BCUT2D eigenvalue weighted by Gasteiger charge is -2.01. The normalized spacial score (nSPS) is 11.7. The highest BCUT2D eigenvalue weighted by Gasteiger charge is 2.08. The molecule has 2 N–H and O–H groups in total. The number of aromatic carboxylic acids is 1. The van der Waals surface area contributed by atoms with Gasteiger partial charge in [0, 0.05) is 5.56 Å². The number of benzene rings is 2. The van der Waals surface area contributed by atoms with Gasteiger partial charge >= 0.3 is 5.97 Å². The fourth-order valence-electron chi connectivity index (χ4n) is 3.10. The summed E-state index contributed by atoms with van der Waals surface area (Å²) >= 11 is 0. The number of carboxylic acid groups (broad SMARTS) is 1. The predicted octanol–water partition coefficient (Wildman–Crippen LogP) is 2.67. The molecular weight excluding hydrogens is 368 g/mol. The third-order valence-electron chi connectivity index (χ3n) is 4.59. The molecular formula is C23H18N2O4. The molecule has 0 atom stereocenters. The maximum Gasteiger partial charge on any atom is 0.335 e. The lowest BCUT2D eigenvalue weighted by atomic mass is 10.1. The molecule has 0 saturated heterocycles. The summed E-state index contributed by atoms with van der Waals surface area (Å²) in [5, 5.41) is 12.9. The lowest BCUT2D eigenvalue weighted by Crippen LogP contribution is -2.33. The van der Waals surface area contributed by atoms with Crippen LogP contribution in [0.15, 0.2) is 69.9 Å². The van der Waals surface area contributed by atoms with E-state index >= 15 is 0 Å². The van der Waals surface area contributed by atoms with Gasteiger partial charge in [0.1, 0.15) is 11.5 Å². The minimum Gasteiger partial charge on any atom is -0.478 e. The number of aryl methyl sites for hydroxylation is 1. The minimum atomic E-state index is -0.981. The summed E-state index contributed by atoms with van der Waals surface area (Å²) in [5.74, 6) is 0.0957. The van der Waals surface area contributed by atoms with Gasteiger partial charge in [0.25, 0.3) is 5.56 Å². The Morgan fingerprint density at radius 2 is 1.90 bits per heavy atom. The summed E-state index contributed by atoms with van der Waals surface area (Å²) in [4.78, 5) is 23.8. The van der Waals surface area contributed by atoms with Crippen molar-refractivity contribution >= 4 is 18.6 Å². The van der Waals surface area contributed by atoms with Gasteiger partial charge in [0.2, 0.25) is 0 Å². The number of carbonyl (C=O) groups is 1. The quantitative estimate of drug-likeness (QED) is 0.564. The summed E-state index contributed by atoms with van der Waals surface area (Å²) in [6.45, 7) is 5.89. The molecule has 4 rings (SSSR count). The Bertz CT molecular complexity index is 1370. The second-order valence-corrected chi connectivity index (χ2v) is 6.71. The van der Waals surface area contributed by atoms with Crippen molar-refractivity contribution in [3.8, 4) is 17.0 Å². The minimum absolute atomic E-state index is 0.206. The Hall–Kier alpha value is -4.06.